The van der Waals surface area contributed by atoms with E-state index >= 15 is 0 Å². The Hall–Kier alpha value is -1.09. The van der Waals surface area contributed by atoms with Crippen molar-refractivity contribution >= 4 is 5.69 Å². The fraction of sp³-hybridized carbons (Fsp3) is 0.538. The van der Waals surface area contributed by atoms with Crippen LogP contribution in [0.4, 0.5) is 10.1 Å². The van der Waals surface area contributed by atoms with Crippen LogP contribution in [0.1, 0.15) is 24.8 Å². The monoisotopic (exact) mass is 222 g/mol. The van der Waals surface area contributed by atoms with E-state index in [1.165, 1.54) is 25.3 Å². The van der Waals surface area contributed by atoms with Crippen LogP contribution >= 0.6 is 0 Å². The lowest BCUT2D eigenvalue weighted by molar-refractivity contribution is 0.414. The number of piperidine rings is 1. The largest absolute Gasteiger partial charge is 0.383 e. The predicted molar refractivity (Wildman–Crippen MR) is 65.3 cm³/mol. The van der Waals surface area contributed by atoms with E-state index in [9.17, 15) is 4.39 Å². The van der Waals surface area contributed by atoms with Crippen molar-refractivity contribution < 1.29 is 4.39 Å². The Morgan fingerprint density at radius 1 is 1.44 bits per heavy atom. The predicted octanol–water partition coefficient (Wildman–Crippen LogP) is 2.69. The van der Waals surface area contributed by atoms with Crippen molar-refractivity contribution in [3.05, 3.63) is 29.6 Å². The normalized spacial score (nSPS) is 20.8. The molecule has 0 saturated carbocycles. The van der Waals surface area contributed by atoms with Gasteiger partial charge in [0.1, 0.15) is 5.82 Å². The van der Waals surface area contributed by atoms with Gasteiger partial charge in [0.15, 0.2) is 0 Å². The van der Waals surface area contributed by atoms with Crippen LogP contribution < -0.4 is 10.6 Å². The van der Waals surface area contributed by atoms with Gasteiger partial charge in [0.05, 0.1) is 0 Å². The molecule has 1 aromatic carbocycles. The highest BCUT2D eigenvalue weighted by atomic mass is 19.1. The number of rotatable bonds is 3. The quantitative estimate of drug-likeness (QED) is 0.821. The number of hydrogen-bond acceptors (Lipinski definition) is 2. The average molecular weight is 222 g/mol. The molecular weight excluding hydrogens is 203 g/mol. The molecule has 1 atom stereocenters. The minimum Gasteiger partial charge on any atom is -0.383 e. The van der Waals surface area contributed by atoms with Gasteiger partial charge < -0.3 is 10.6 Å². The standard InChI is InChI=1S/C13H19FN2/c1-10-8-11(5-6-13(10)14)16-9-12-4-2-3-7-15-12/h5-6,8,12,15-16H,2-4,7,9H2,1H3. The van der Waals surface area contributed by atoms with Crippen molar-refractivity contribution in [1.29, 1.82) is 0 Å². The number of halogens is 1. The summed E-state index contributed by atoms with van der Waals surface area (Å²) < 4.78 is 13.1. The lowest BCUT2D eigenvalue weighted by Gasteiger charge is -2.24. The average Bonchev–Trinajstić information content (AvgIpc) is 2.32. The van der Waals surface area contributed by atoms with Crippen molar-refractivity contribution in [1.82, 2.24) is 5.32 Å². The fourth-order valence-electron chi connectivity index (χ4n) is 2.09. The Morgan fingerprint density at radius 2 is 2.31 bits per heavy atom. The van der Waals surface area contributed by atoms with E-state index in [0.29, 0.717) is 11.6 Å². The number of aryl methyl sites for hydroxylation is 1. The fourth-order valence-corrected chi connectivity index (χ4v) is 2.09. The molecule has 2 nitrogen and oxygen atoms in total. The molecule has 0 aromatic heterocycles. The van der Waals surface area contributed by atoms with Crippen LogP contribution in [-0.2, 0) is 0 Å². The summed E-state index contributed by atoms with van der Waals surface area (Å²) in [6.07, 6.45) is 3.82. The Labute approximate surface area is 96.2 Å². The second-order valence-corrected chi connectivity index (χ2v) is 4.49. The molecule has 0 spiro atoms. The zero-order valence-corrected chi connectivity index (χ0v) is 9.72. The first-order valence-corrected chi connectivity index (χ1v) is 5.99. The van der Waals surface area contributed by atoms with E-state index in [-0.39, 0.29) is 5.82 Å². The summed E-state index contributed by atoms with van der Waals surface area (Å²) in [7, 11) is 0. The Morgan fingerprint density at radius 3 is 3.00 bits per heavy atom. The maximum absolute atomic E-state index is 13.1. The van der Waals surface area contributed by atoms with Crippen LogP contribution in [0.2, 0.25) is 0 Å². The molecule has 16 heavy (non-hydrogen) atoms. The van der Waals surface area contributed by atoms with E-state index in [1.54, 1.807) is 13.0 Å². The van der Waals surface area contributed by atoms with Crippen LogP contribution in [-0.4, -0.2) is 19.1 Å². The molecule has 1 aliphatic heterocycles. The second kappa shape index (κ2) is 5.30. The van der Waals surface area contributed by atoms with E-state index in [1.807, 2.05) is 6.07 Å². The summed E-state index contributed by atoms with van der Waals surface area (Å²) in [5.41, 5.74) is 1.70. The Balaban J connectivity index is 1.86. The highest BCUT2D eigenvalue weighted by molar-refractivity contribution is 5.46. The van der Waals surface area contributed by atoms with Gasteiger partial charge in [-0.15, -0.1) is 0 Å². The smallest absolute Gasteiger partial charge is 0.126 e. The van der Waals surface area contributed by atoms with Gasteiger partial charge in [-0.25, -0.2) is 4.39 Å². The number of hydrogen-bond donors (Lipinski definition) is 2. The van der Waals surface area contributed by atoms with Gasteiger partial charge in [0.2, 0.25) is 0 Å². The summed E-state index contributed by atoms with van der Waals surface area (Å²) in [4.78, 5) is 0. The van der Waals surface area contributed by atoms with Gasteiger partial charge in [-0.2, -0.15) is 0 Å². The molecule has 0 radical (unpaired) electrons. The second-order valence-electron chi connectivity index (χ2n) is 4.49. The summed E-state index contributed by atoms with van der Waals surface area (Å²) in [5.74, 6) is -0.138. The third kappa shape index (κ3) is 2.95. The van der Waals surface area contributed by atoms with E-state index in [2.05, 4.69) is 10.6 Å². The Bertz CT molecular complexity index is 346. The molecule has 1 unspecified atom stereocenters. The first-order chi connectivity index (χ1) is 7.75. The molecule has 3 heteroatoms. The maximum atomic E-state index is 13.1. The number of anilines is 1. The first-order valence-electron chi connectivity index (χ1n) is 5.99. The summed E-state index contributed by atoms with van der Waals surface area (Å²) in [6.45, 7) is 3.83. The molecule has 1 aromatic rings. The van der Waals surface area contributed by atoms with Crippen LogP contribution in [0.15, 0.2) is 18.2 Å². The maximum Gasteiger partial charge on any atom is 0.126 e. The van der Waals surface area contributed by atoms with Gasteiger partial charge in [-0.05, 0) is 50.1 Å². The minimum atomic E-state index is -0.138. The van der Waals surface area contributed by atoms with E-state index in [0.717, 1.165) is 18.8 Å². The zero-order chi connectivity index (χ0) is 11.4. The molecular formula is C13H19FN2. The molecule has 1 aliphatic rings. The number of nitrogens with one attached hydrogen (secondary N) is 2. The van der Waals surface area contributed by atoms with Crippen LogP contribution in [0.25, 0.3) is 0 Å². The van der Waals surface area contributed by atoms with Gasteiger partial charge in [0.25, 0.3) is 0 Å². The molecule has 0 amide bonds. The molecule has 0 aliphatic carbocycles. The van der Waals surface area contributed by atoms with Gasteiger partial charge >= 0.3 is 0 Å². The minimum absolute atomic E-state index is 0.138. The highest BCUT2D eigenvalue weighted by Crippen LogP contribution is 2.14. The number of benzene rings is 1. The molecule has 1 heterocycles. The van der Waals surface area contributed by atoms with Crippen molar-refractivity contribution in [2.45, 2.75) is 32.2 Å². The van der Waals surface area contributed by atoms with Crippen molar-refractivity contribution in [3.8, 4) is 0 Å². The highest BCUT2D eigenvalue weighted by Gasteiger charge is 2.11. The lowest BCUT2D eigenvalue weighted by Crippen LogP contribution is -2.39. The van der Waals surface area contributed by atoms with Gasteiger partial charge in [0, 0.05) is 18.3 Å². The van der Waals surface area contributed by atoms with Crippen molar-refractivity contribution in [3.63, 3.8) is 0 Å². The van der Waals surface area contributed by atoms with E-state index in [4.69, 9.17) is 0 Å². The summed E-state index contributed by atoms with van der Waals surface area (Å²) in [5, 5.41) is 6.83. The van der Waals surface area contributed by atoms with E-state index < -0.39 is 0 Å². The molecule has 1 saturated heterocycles. The van der Waals surface area contributed by atoms with Gasteiger partial charge in [-0.1, -0.05) is 6.42 Å². The van der Waals surface area contributed by atoms with Crippen molar-refractivity contribution in [2.24, 2.45) is 0 Å². The summed E-state index contributed by atoms with van der Waals surface area (Å²) in [6, 6.07) is 5.73. The van der Waals surface area contributed by atoms with Gasteiger partial charge in [-0.3, -0.25) is 0 Å². The zero-order valence-electron chi connectivity index (χ0n) is 9.72. The van der Waals surface area contributed by atoms with Crippen LogP contribution in [0.3, 0.4) is 0 Å². The first kappa shape index (κ1) is 11.4. The molecule has 2 N–H and O–H groups in total. The summed E-state index contributed by atoms with van der Waals surface area (Å²) >= 11 is 0. The Kier molecular flexibility index (Phi) is 3.78. The van der Waals surface area contributed by atoms with Crippen molar-refractivity contribution in [2.75, 3.05) is 18.4 Å². The SMILES string of the molecule is Cc1cc(NCC2CCCCN2)ccc1F. The van der Waals surface area contributed by atoms with Crippen LogP contribution in [0.5, 0.6) is 0 Å². The molecule has 0 bridgehead atoms. The molecule has 88 valence electrons. The lowest BCUT2D eigenvalue weighted by atomic mass is 10.1. The topological polar surface area (TPSA) is 24.1 Å². The molecule has 2 rings (SSSR count). The third-order valence-electron chi connectivity index (χ3n) is 3.12. The molecule has 1 fully saturated rings. The van der Waals surface area contributed by atoms with Crippen LogP contribution in [0, 0.1) is 12.7 Å². The third-order valence-corrected chi connectivity index (χ3v) is 3.12.